The molecule has 0 saturated carbocycles. The molecule has 0 bridgehead atoms. The summed E-state index contributed by atoms with van der Waals surface area (Å²) in [5, 5.41) is 1.18. The van der Waals surface area contributed by atoms with Crippen LogP contribution in [0.2, 0.25) is 10.0 Å². The van der Waals surface area contributed by atoms with Crippen molar-refractivity contribution < 1.29 is 0 Å². The van der Waals surface area contributed by atoms with Gasteiger partial charge in [0.1, 0.15) is 0 Å². The van der Waals surface area contributed by atoms with Gasteiger partial charge in [-0.2, -0.15) is 0 Å². The highest BCUT2D eigenvalue weighted by Gasteiger charge is 2.07. The first-order valence-electron chi connectivity index (χ1n) is 6.59. The molecule has 0 aromatic heterocycles. The van der Waals surface area contributed by atoms with Crippen molar-refractivity contribution in [1.82, 2.24) is 4.90 Å². The molecule has 2 rings (SSSR count). The van der Waals surface area contributed by atoms with Crippen molar-refractivity contribution in [1.29, 1.82) is 0 Å². The van der Waals surface area contributed by atoms with Crippen LogP contribution >= 0.6 is 23.2 Å². The number of hydrogen-bond donors (Lipinski definition) is 1. The first-order valence-corrected chi connectivity index (χ1v) is 7.35. The van der Waals surface area contributed by atoms with Crippen LogP contribution in [0.4, 0.5) is 0 Å². The van der Waals surface area contributed by atoms with Crippen LogP contribution in [0.25, 0.3) is 0 Å². The molecule has 106 valence electrons. The quantitative estimate of drug-likeness (QED) is 0.875. The number of nitrogens with zero attached hydrogens (tertiary/aromatic N) is 1. The van der Waals surface area contributed by atoms with Gasteiger partial charge in [0.15, 0.2) is 0 Å². The van der Waals surface area contributed by atoms with Crippen LogP contribution in [0.1, 0.15) is 11.1 Å². The standard InChI is InChI=1S/C16H18Cl2N2/c17-15-7-6-14(10-16(15)18)12-20(9-8-19)11-13-4-2-1-3-5-13/h1-7,10H,8-9,11-12,19H2. The Balaban J connectivity index is 2.06. The van der Waals surface area contributed by atoms with E-state index in [2.05, 4.69) is 29.2 Å². The Morgan fingerprint density at radius 2 is 1.55 bits per heavy atom. The fourth-order valence-electron chi connectivity index (χ4n) is 2.13. The summed E-state index contributed by atoms with van der Waals surface area (Å²) in [6.07, 6.45) is 0. The summed E-state index contributed by atoms with van der Waals surface area (Å²) in [5.74, 6) is 0. The zero-order valence-electron chi connectivity index (χ0n) is 11.2. The minimum atomic E-state index is 0.587. The van der Waals surface area contributed by atoms with Crippen LogP contribution in [0.15, 0.2) is 48.5 Å². The molecule has 0 fully saturated rings. The second-order valence-corrected chi connectivity index (χ2v) is 5.55. The largest absolute Gasteiger partial charge is 0.329 e. The van der Waals surface area contributed by atoms with Gasteiger partial charge >= 0.3 is 0 Å². The Bertz CT molecular complexity index is 543. The molecule has 0 aliphatic carbocycles. The van der Waals surface area contributed by atoms with E-state index >= 15 is 0 Å². The summed E-state index contributed by atoms with van der Waals surface area (Å²) in [6.45, 7) is 3.16. The van der Waals surface area contributed by atoms with E-state index in [0.29, 0.717) is 16.6 Å². The molecule has 2 nitrogen and oxygen atoms in total. The summed E-state index contributed by atoms with van der Waals surface area (Å²) in [6, 6.07) is 16.1. The summed E-state index contributed by atoms with van der Waals surface area (Å²) in [7, 11) is 0. The third kappa shape index (κ3) is 4.50. The molecule has 0 aliphatic rings. The number of hydrogen-bond acceptors (Lipinski definition) is 2. The topological polar surface area (TPSA) is 29.3 Å². The molecule has 0 spiro atoms. The second kappa shape index (κ2) is 7.65. The number of rotatable bonds is 6. The molecule has 0 radical (unpaired) electrons. The number of halogens is 2. The van der Waals surface area contributed by atoms with Crippen LogP contribution in [0.5, 0.6) is 0 Å². The molecule has 0 heterocycles. The summed E-state index contributed by atoms with van der Waals surface area (Å²) < 4.78 is 0. The van der Waals surface area contributed by atoms with Crippen LogP contribution in [0, 0.1) is 0 Å². The van der Waals surface area contributed by atoms with Gasteiger partial charge in [-0.25, -0.2) is 0 Å². The molecule has 2 aromatic carbocycles. The molecule has 0 atom stereocenters. The van der Waals surface area contributed by atoms with E-state index in [1.807, 2.05) is 24.3 Å². The number of benzene rings is 2. The van der Waals surface area contributed by atoms with E-state index in [4.69, 9.17) is 28.9 Å². The van der Waals surface area contributed by atoms with E-state index in [0.717, 1.165) is 25.2 Å². The van der Waals surface area contributed by atoms with E-state index in [9.17, 15) is 0 Å². The van der Waals surface area contributed by atoms with Gasteiger partial charge in [0.2, 0.25) is 0 Å². The highest BCUT2D eigenvalue weighted by atomic mass is 35.5. The Hall–Kier alpha value is -1.06. The lowest BCUT2D eigenvalue weighted by molar-refractivity contribution is 0.264. The molecule has 4 heteroatoms. The van der Waals surface area contributed by atoms with Gasteiger partial charge in [-0.15, -0.1) is 0 Å². The summed E-state index contributed by atoms with van der Waals surface area (Å²) in [5.41, 5.74) is 8.12. The average Bonchev–Trinajstić information content (AvgIpc) is 2.44. The third-order valence-corrected chi connectivity index (χ3v) is 3.82. The maximum atomic E-state index is 6.06. The van der Waals surface area contributed by atoms with Crippen molar-refractivity contribution in [2.45, 2.75) is 13.1 Å². The van der Waals surface area contributed by atoms with E-state index in [-0.39, 0.29) is 0 Å². The SMILES string of the molecule is NCCN(Cc1ccccc1)Cc1ccc(Cl)c(Cl)c1. The molecule has 2 aromatic rings. The molecular formula is C16H18Cl2N2. The van der Waals surface area contributed by atoms with Crippen molar-refractivity contribution in [2.24, 2.45) is 5.73 Å². The molecule has 0 saturated heterocycles. The Morgan fingerprint density at radius 3 is 2.20 bits per heavy atom. The van der Waals surface area contributed by atoms with Gasteiger partial charge in [-0.1, -0.05) is 59.6 Å². The van der Waals surface area contributed by atoms with Gasteiger partial charge in [-0.05, 0) is 23.3 Å². The van der Waals surface area contributed by atoms with E-state index < -0.39 is 0 Å². The van der Waals surface area contributed by atoms with Gasteiger partial charge in [0, 0.05) is 26.2 Å². The lowest BCUT2D eigenvalue weighted by Crippen LogP contribution is -2.28. The first kappa shape index (κ1) is 15.3. The third-order valence-electron chi connectivity index (χ3n) is 3.08. The Morgan fingerprint density at radius 1 is 0.850 bits per heavy atom. The lowest BCUT2D eigenvalue weighted by Gasteiger charge is -2.22. The predicted octanol–water partition coefficient (Wildman–Crippen LogP) is 3.95. The van der Waals surface area contributed by atoms with Crippen molar-refractivity contribution in [3.63, 3.8) is 0 Å². The van der Waals surface area contributed by atoms with Crippen molar-refractivity contribution >= 4 is 23.2 Å². The molecule has 0 amide bonds. The predicted molar refractivity (Wildman–Crippen MR) is 86.1 cm³/mol. The van der Waals surface area contributed by atoms with Crippen LogP contribution in [0.3, 0.4) is 0 Å². The van der Waals surface area contributed by atoms with Crippen molar-refractivity contribution in [3.05, 3.63) is 69.7 Å². The van der Waals surface area contributed by atoms with Crippen LogP contribution in [-0.4, -0.2) is 18.0 Å². The maximum absolute atomic E-state index is 6.06. The molecule has 0 aliphatic heterocycles. The Kier molecular flexibility index (Phi) is 5.86. The van der Waals surface area contributed by atoms with Crippen molar-refractivity contribution in [2.75, 3.05) is 13.1 Å². The Labute approximate surface area is 130 Å². The zero-order valence-corrected chi connectivity index (χ0v) is 12.7. The van der Waals surface area contributed by atoms with Crippen LogP contribution < -0.4 is 5.73 Å². The average molecular weight is 309 g/mol. The lowest BCUT2D eigenvalue weighted by atomic mass is 10.1. The summed E-state index contributed by atoms with van der Waals surface area (Å²) >= 11 is 12.0. The minimum absolute atomic E-state index is 0.587. The highest BCUT2D eigenvalue weighted by molar-refractivity contribution is 6.42. The van der Waals surface area contributed by atoms with Gasteiger partial charge in [0.05, 0.1) is 10.0 Å². The molecule has 2 N–H and O–H groups in total. The molecule has 20 heavy (non-hydrogen) atoms. The van der Waals surface area contributed by atoms with Crippen LogP contribution in [-0.2, 0) is 13.1 Å². The zero-order chi connectivity index (χ0) is 14.4. The smallest absolute Gasteiger partial charge is 0.0595 e. The highest BCUT2D eigenvalue weighted by Crippen LogP contribution is 2.23. The van der Waals surface area contributed by atoms with Gasteiger partial charge in [-0.3, -0.25) is 4.90 Å². The second-order valence-electron chi connectivity index (χ2n) is 4.73. The first-order chi connectivity index (χ1) is 9.69. The maximum Gasteiger partial charge on any atom is 0.0595 e. The van der Waals surface area contributed by atoms with E-state index in [1.165, 1.54) is 5.56 Å². The number of nitrogens with two attached hydrogens (primary N) is 1. The van der Waals surface area contributed by atoms with Gasteiger partial charge in [0.25, 0.3) is 0 Å². The summed E-state index contributed by atoms with van der Waals surface area (Å²) in [4.78, 5) is 2.30. The minimum Gasteiger partial charge on any atom is -0.329 e. The fraction of sp³-hybridized carbons (Fsp3) is 0.250. The van der Waals surface area contributed by atoms with Gasteiger partial charge < -0.3 is 5.73 Å². The van der Waals surface area contributed by atoms with E-state index in [1.54, 1.807) is 0 Å². The molecular weight excluding hydrogens is 291 g/mol. The fourth-order valence-corrected chi connectivity index (χ4v) is 2.46. The van der Waals surface area contributed by atoms with Crippen molar-refractivity contribution in [3.8, 4) is 0 Å². The molecule has 0 unspecified atom stereocenters. The monoisotopic (exact) mass is 308 g/mol. The normalized spacial score (nSPS) is 11.0.